The fourth-order valence-corrected chi connectivity index (χ4v) is 3.75. The van der Waals surface area contributed by atoms with E-state index in [9.17, 15) is 19.1 Å². The van der Waals surface area contributed by atoms with Gasteiger partial charge in [-0.15, -0.1) is 0 Å². The Morgan fingerprint density at radius 2 is 1.84 bits per heavy atom. The Hall–Kier alpha value is -3.62. The van der Waals surface area contributed by atoms with Crippen molar-refractivity contribution in [3.63, 3.8) is 0 Å². The molecule has 0 saturated carbocycles. The molecule has 1 aromatic carbocycles. The second-order valence-electron chi connectivity index (χ2n) is 8.07. The van der Waals surface area contributed by atoms with Crippen molar-refractivity contribution in [2.24, 2.45) is 0 Å². The van der Waals surface area contributed by atoms with Crippen LogP contribution >= 0.6 is 0 Å². The maximum Gasteiger partial charge on any atom is 0.276 e. The van der Waals surface area contributed by atoms with E-state index < -0.39 is 5.56 Å². The van der Waals surface area contributed by atoms with Crippen LogP contribution < -0.4 is 10.5 Å². The summed E-state index contributed by atoms with van der Waals surface area (Å²) in [5.74, 6) is -0.407. The van der Waals surface area contributed by atoms with Crippen LogP contribution in [0.25, 0.3) is 5.78 Å². The maximum atomic E-state index is 13.4. The average molecular weight is 425 g/mol. The van der Waals surface area contributed by atoms with Gasteiger partial charge in [-0.25, -0.2) is 8.79 Å². The van der Waals surface area contributed by atoms with Crippen LogP contribution in [0.1, 0.15) is 35.5 Å². The summed E-state index contributed by atoms with van der Waals surface area (Å²) >= 11 is 0. The van der Waals surface area contributed by atoms with Crippen molar-refractivity contribution in [1.82, 2.24) is 18.9 Å². The van der Waals surface area contributed by atoms with Gasteiger partial charge in [0.2, 0.25) is 11.7 Å². The molecular formula is C22H24FN5O3. The number of aromatic hydroxyl groups is 1. The number of carbonyl (C=O) groups is 1. The summed E-state index contributed by atoms with van der Waals surface area (Å²) in [5, 5.41) is 11.0. The van der Waals surface area contributed by atoms with Gasteiger partial charge in [0.15, 0.2) is 11.5 Å². The molecule has 0 unspecified atom stereocenters. The van der Waals surface area contributed by atoms with Crippen LogP contribution in [0, 0.1) is 5.82 Å². The molecule has 3 heterocycles. The lowest BCUT2D eigenvalue weighted by Crippen LogP contribution is -2.43. The number of amides is 1. The van der Waals surface area contributed by atoms with E-state index in [0.29, 0.717) is 18.1 Å². The van der Waals surface area contributed by atoms with Crippen LogP contribution in [0.3, 0.4) is 0 Å². The summed E-state index contributed by atoms with van der Waals surface area (Å²) in [6.45, 7) is 4.26. The molecule has 8 nitrogen and oxygen atoms in total. The zero-order chi connectivity index (χ0) is 22.4. The summed E-state index contributed by atoms with van der Waals surface area (Å²) in [7, 11) is 3.45. The van der Waals surface area contributed by atoms with E-state index in [2.05, 4.69) is 4.98 Å². The zero-order valence-electron chi connectivity index (χ0n) is 17.9. The van der Waals surface area contributed by atoms with Crippen LogP contribution in [0.15, 0.2) is 40.7 Å². The quantitative estimate of drug-likeness (QED) is 0.649. The third-order valence-electron chi connectivity index (χ3n) is 5.37. The molecule has 0 saturated heterocycles. The van der Waals surface area contributed by atoms with Crippen molar-refractivity contribution in [2.75, 3.05) is 25.7 Å². The fraction of sp³-hybridized carbons (Fsp3) is 0.318. The number of hydrogen-bond donors (Lipinski definition) is 1. The summed E-state index contributed by atoms with van der Waals surface area (Å²) < 4.78 is 16.1. The van der Waals surface area contributed by atoms with E-state index >= 15 is 0 Å². The lowest BCUT2D eigenvalue weighted by Gasteiger charge is -2.30. The van der Waals surface area contributed by atoms with Gasteiger partial charge in [0.25, 0.3) is 11.5 Å². The zero-order valence-corrected chi connectivity index (χ0v) is 17.9. The number of allylic oxidation sites excluding steroid dienone is 2. The fourth-order valence-electron chi connectivity index (χ4n) is 3.75. The van der Waals surface area contributed by atoms with Crippen molar-refractivity contribution >= 4 is 17.5 Å². The van der Waals surface area contributed by atoms with Crippen LogP contribution in [-0.4, -0.2) is 50.6 Å². The summed E-state index contributed by atoms with van der Waals surface area (Å²) in [4.78, 5) is 34.2. The summed E-state index contributed by atoms with van der Waals surface area (Å²) in [6.07, 6.45) is 2.05. The topological polar surface area (TPSA) is 83.1 Å². The molecule has 0 bridgehead atoms. The second-order valence-corrected chi connectivity index (χ2v) is 8.07. The van der Waals surface area contributed by atoms with Crippen LogP contribution in [-0.2, 0) is 13.0 Å². The normalized spacial score (nSPS) is 13.6. The van der Waals surface area contributed by atoms with E-state index in [-0.39, 0.29) is 47.6 Å². The van der Waals surface area contributed by atoms with Gasteiger partial charge in [-0.2, -0.15) is 4.98 Å². The first-order valence-corrected chi connectivity index (χ1v) is 9.90. The van der Waals surface area contributed by atoms with Gasteiger partial charge in [0.1, 0.15) is 5.82 Å². The van der Waals surface area contributed by atoms with Gasteiger partial charge < -0.3 is 14.9 Å². The third kappa shape index (κ3) is 3.45. The maximum absolute atomic E-state index is 13.4. The highest BCUT2D eigenvalue weighted by Gasteiger charge is 2.33. The Kier molecular flexibility index (Phi) is 5.04. The molecule has 9 heteroatoms. The number of nitrogens with zero attached hydrogens (tertiary/aromatic N) is 5. The number of benzene rings is 1. The molecule has 162 valence electrons. The predicted octanol–water partition coefficient (Wildman–Crippen LogP) is 2.38. The standard InChI is InChI=1S/C22H24FN5O3/c1-13(2)5-10-16-19(29)27(11-14-6-8-15(23)9-7-14)22-24-18-17(28(22)20(16)30)21(31)26(4)12-25(18)3/h5-9,30H,10-12H2,1-4H3. The smallest absolute Gasteiger partial charge is 0.276 e. The molecule has 1 N–H and O–H groups in total. The van der Waals surface area contributed by atoms with E-state index in [0.717, 1.165) is 5.57 Å². The Labute approximate surface area is 178 Å². The molecule has 1 aliphatic rings. The number of anilines is 1. The van der Waals surface area contributed by atoms with Gasteiger partial charge in [-0.1, -0.05) is 23.8 Å². The molecule has 31 heavy (non-hydrogen) atoms. The van der Waals surface area contributed by atoms with Crippen LogP contribution in [0.4, 0.5) is 10.2 Å². The molecule has 0 fully saturated rings. The number of imidazole rings is 1. The van der Waals surface area contributed by atoms with Gasteiger partial charge >= 0.3 is 0 Å². The molecule has 4 rings (SSSR count). The Morgan fingerprint density at radius 1 is 1.16 bits per heavy atom. The van der Waals surface area contributed by atoms with E-state index in [4.69, 9.17) is 0 Å². The number of rotatable bonds is 4. The number of halogens is 1. The van der Waals surface area contributed by atoms with E-state index in [1.807, 2.05) is 19.9 Å². The lowest BCUT2D eigenvalue weighted by atomic mass is 10.1. The van der Waals surface area contributed by atoms with Gasteiger partial charge in [0, 0.05) is 20.5 Å². The molecule has 1 amide bonds. The first kappa shape index (κ1) is 20.6. The number of hydrogen-bond acceptors (Lipinski definition) is 5. The predicted molar refractivity (Wildman–Crippen MR) is 115 cm³/mol. The van der Waals surface area contributed by atoms with Crippen LogP contribution in [0.5, 0.6) is 5.88 Å². The highest BCUT2D eigenvalue weighted by molar-refractivity contribution is 6.00. The minimum absolute atomic E-state index is 0.119. The first-order valence-electron chi connectivity index (χ1n) is 9.90. The van der Waals surface area contributed by atoms with E-state index in [1.165, 1.54) is 26.0 Å². The van der Waals surface area contributed by atoms with Crippen molar-refractivity contribution < 1.29 is 14.3 Å². The number of fused-ring (bicyclic) bond motifs is 3. The van der Waals surface area contributed by atoms with Gasteiger partial charge in [-0.3, -0.25) is 14.2 Å². The van der Waals surface area contributed by atoms with Crippen molar-refractivity contribution in [3.8, 4) is 5.88 Å². The lowest BCUT2D eigenvalue weighted by molar-refractivity contribution is 0.0776. The van der Waals surface area contributed by atoms with Crippen LogP contribution in [0.2, 0.25) is 0 Å². The highest BCUT2D eigenvalue weighted by atomic mass is 19.1. The molecule has 0 spiro atoms. The largest absolute Gasteiger partial charge is 0.494 e. The second kappa shape index (κ2) is 7.57. The van der Waals surface area contributed by atoms with Crippen molar-refractivity contribution in [2.45, 2.75) is 26.8 Å². The summed E-state index contributed by atoms with van der Waals surface area (Å²) in [5.41, 5.74) is 1.65. The SMILES string of the molecule is CC(C)=CCc1c(O)n2c3c(nc2n(Cc2ccc(F)cc2)c1=O)N(C)CN(C)C3=O. The Balaban J connectivity index is 2.03. The monoisotopic (exact) mass is 425 g/mol. The molecule has 3 aromatic rings. The molecule has 0 radical (unpaired) electrons. The third-order valence-corrected chi connectivity index (χ3v) is 5.37. The summed E-state index contributed by atoms with van der Waals surface area (Å²) in [6, 6.07) is 5.83. The Bertz CT molecular complexity index is 1270. The van der Waals surface area contributed by atoms with Crippen molar-refractivity contribution in [1.29, 1.82) is 0 Å². The molecule has 1 aliphatic heterocycles. The molecule has 0 atom stereocenters. The van der Waals surface area contributed by atoms with E-state index in [1.54, 1.807) is 31.1 Å². The minimum Gasteiger partial charge on any atom is -0.494 e. The molecular weight excluding hydrogens is 401 g/mol. The van der Waals surface area contributed by atoms with Gasteiger partial charge in [-0.05, 0) is 31.5 Å². The average Bonchev–Trinajstić information content (AvgIpc) is 3.12. The first-order chi connectivity index (χ1) is 14.7. The Morgan fingerprint density at radius 3 is 2.48 bits per heavy atom. The highest BCUT2D eigenvalue weighted by Crippen LogP contribution is 2.30. The van der Waals surface area contributed by atoms with Gasteiger partial charge in [0.05, 0.1) is 18.8 Å². The minimum atomic E-state index is -0.405. The molecule has 0 aliphatic carbocycles. The number of carbonyl (C=O) groups excluding carboxylic acids is 1. The van der Waals surface area contributed by atoms with Crippen molar-refractivity contribution in [3.05, 3.63) is 68.9 Å². The number of aromatic nitrogens is 3. The molecule has 2 aromatic heterocycles.